The second-order valence-electron chi connectivity index (χ2n) is 16.0. The number of benzene rings is 8. The summed E-state index contributed by atoms with van der Waals surface area (Å²) in [5.41, 5.74) is 16.8. The van der Waals surface area contributed by atoms with Gasteiger partial charge in [0.05, 0.1) is 11.7 Å². The van der Waals surface area contributed by atoms with Crippen molar-refractivity contribution >= 4 is 49.7 Å². The fourth-order valence-corrected chi connectivity index (χ4v) is 9.56. The molecule has 0 radical (unpaired) electrons. The van der Waals surface area contributed by atoms with E-state index in [4.69, 9.17) is 4.42 Å². The first-order valence-corrected chi connectivity index (χ1v) is 20.0. The summed E-state index contributed by atoms with van der Waals surface area (Å²) in [7, 11) is 0. The van der Waals surface area contributed by atoms with E-state index >= 15 is 0 Å². The summed E-state index contributed by atoms with van der Waals surface area (Å²) in [4.78, 5) is 2.51. The second-order valence-corrected chi connectivity index (χ2v) is 16.0. The number of nitrogens with zero attached hydrogens (tertiary/aromatic N) is 1. The Morgan fingerprint density at radius 1 is 0.544 bits per heavy atom. The standard InChI is InChI=1S/C55H41NO/c1-55(2)49-20-10-8-17-45(49)46-34-32-42(35-50(46)55)56(51-21-12-19-48-47-18-9-11-22-52(47)57-54(48)51)41-30-27-39(28-31-41)44-33-29-38-15-6-7-16-43(38)53(44)40-25-23-37(24-26-40)36-13-4-3-5-14-36/h3-30,32-35,41H,31H2,1-2H3. The van der Waals surface area contributed by atoms with E-state index in [1.54, 1.807) is 0 Å². The van der Waals surface area contributed by atoms with Crippen molar-refractivity contribution in [1.82, 2.24) is 0 Å². The predicted molar refractivity (Wildman–Crippen MR) is 240 cm³/mol. The van der Waals surface area contributed by atoms with Gasteiger partial charge in [0.1, 0.15) is 5.58 Å². The van der Waals surface area contributed by atoms with Gasteiger partial charge >= 0.3 is 0 Å². The maximum Gasteiger partial charge on any atom is 0.159 e. The van der Waals surface area contributed by atoms with E-state index in [1.807, 2.05) is 0 Å². The smallest absolute Gasteiger partial charge is 0.159 e. The molecule has 1 atom stereocenters. The molecule has 2 nitrogen and oxygen atoms in total. The van der Waals surface area contributed by atoms with Crippen molar-refractivity contribution in [3.05, 3.63) is 211 Å². The molecule has 0 N–H and O–H groups in total. The summed E-state index contributed by atoms with van der Waals surface area (Å²) in [6, 6.07) is 64.0. The molecule has 0 saturated carbocycles. The van der Waals surface area contributed by atoms with Crippen LogP contribution in [0.2, 0.25) is 0 Å². The molecule has 8 aromatic carbocycles. The van der Waals surface area contributed by atoms with Crippen molar-refractivity contribution in [2.45, 2.75) is 31.7 Å². The van der Waals surface area contributed by atoms with Crippen LogP contribution in [0, 0.1) is 0 Å². The van der Waals surface area contributed by atoms with Gasteiger partial charge in [-0.1, -0.05) is 184 Å². The van der Waals surface area contributed by atoms with Gasteiger partial charge in [0, 0.05) is 21.9 Å². The highest BCUT2D eigenvalue weighted by Crippen LogP contribution is 2.51. The van der Waals surface area contributed by atoms with Crippen molar-refractivity contribution < 1.29 is 4.42 Å². The largest absolute Gasteiger partial charge is 0.454 e. The van der Waals surface area contributed by atoms with E-state index in [-0.39, 0.29) is 11.5 Å². The van der Waals surface area contributed by atoms with Gasteiger partial charge in [-0.3, -0.25) is 0 Å². The maximum absolute atomic E-state index is 6.71. The Morgan fingerprint density at radius 2 is 1.23 bits per heavy atom. The van der Waals surface area contributed by atoms with E-state index in [2.05, 4.69) is 213 Å². The van der Waals surface area contributed by atoms with Gasteiger partial charge in [0.25, 0.3) is 0 Å². The minimum atomic E-state index is -0.111. The van der Waals surface area contributed by atoms with Gasteiger partial charge in [-0.25, -0.2) is 0 Å². The highest BCUT2D eigenvalue weighted by molar-refractivity contribution is 6.10. The number of allylic oxidation sites excluding steroid dienone is 2. The summed E-state index contributed by atoms with van der Waals surface area (Å²) >= 11 is 0. The third-order valence-electron chi connectivity index (χ3n) is 12.4. The quantitative estimate of drug-likeness (QED) is 0.169. The van der Waals surface area contributed by atoms with E-state index in [9.17, 15) is 0 Å². The molecule has 0 aliphatic heterocycles. The molecule has 0 saturated heterocycles. The van der Waals surface area contributed by atoms with Crippen molar-refractivity contribution in [3.8, 4) is 33.4 Å². The van der Waals surface area contributed by atoms with Crippen LogP contribution in [-0.4, -0.2) is 6.04 Å². The number of fused-ring (bicyclic) bond motifs is 7. The van der Waals surface area contributed by atoms with Crippen LogP contribution in [0.1, 0.15) is 37.0 Å². The highest BCUT2D eigenvalue weighted by atomic mass is 16.3. The van der Waals surface area contributed by atoms with Crippen LogP contribution < -0.4 is 4.90 Å². The molecule has 1 unspecified atom stereocenters. The Bertz CT molecular complexity index is 3070. The first-order chi connectivity index (χ1) is 28.0. The Kier molecular flexibility index (Phi) is 7.69. The summed E-state index contributed by atoms with van der Waals surface area (Å²) in [5, 5.41) is 4.78. The molecule has 0 spiro atoms. The zero-order valence-corrected chi connectivity index (χ0v) is 32.1. The summed E-state index contributed by atoms with van der Waals surface area (Å²) in [5.74, 6) is 0. The lowest BCUT2D eigenvalue weighted by atomic mass is 9.82. The lowest BCUT2D eigenvalue weighted by Crippen LogP contribution is -2.30. The molecule has 11 rings (SSSR count). The molecule has 2 heteroatoms. The van der Waals surface area contributed by atoms with Crippen molar-refractivity contribution in [2.75, 3.05) is 4.90 Å². The zero-order chi connectivity index (χ0) is 38.1. The second kappa shape index (κ2) is 13.1. The molecule has 0 bridgehead atoms. The molecule has 9 aromatic rings. The fraction of sp³-hybridized carbons (Fsp3) is 0.0909. The van der Waals surface area contributed by atoms with Gasteiger partial charge in [-0.05, 0) is 97.1 Å². The average molecular weight is 732 g/mol. The minimum absolute atomic E-state index is 0.0616. The molecule has 1 heterocycles. The van der Waals surface area contributed by atoms with Crippen LogP contribution in [0.25, 0.3) is 71.7 Å². The lowest BCUT2D eigenvalue weighted by Gasteiger charge is -2.34. The monoisotopic (exact) mass is 731 g/mol. The molecular formula is C55H41NO. The highest BCUT2D eigenvalue weighted by Gasteiger charge is 2.36. The zero-order valence-electron chi connectivity index (χ0n) is 32.1. The molecule has 0 amide bonds. The van der Waals surface area contributed by atoms with Crippen LogP contribution in [0.4, 0.5) is 11.4 Å². The van der Waals surface area contributed by atoms with Crippen LogP contribution in [0.3, 0.4) is 0 Å². The number of furan rings is 1. The van der Waals surface area contributed by atoms with E-state index in [0.29, 0.717) is 0 Å². The Hall–Kier alpha value is -6.90. The molecule has 2 aliphatic rings. The number of para-hydroxylation sites is 2. The normalized spacial score (nSPS) is 15.5. The number of anilines is 2. The van der Waals surface area contributed by atoms with Crippen LogP contribution in [0.15, 0.2) is 199 Å². The van der Waals surface area contributed by atoms with E-state index < -0.39 is 0 Å². The van der Waals surface area contributed by atoms with Crippen molar-refractivity contribution in [1.29, 1.82) is 0 Å². The molecular weight excluding hydrogens is 691 g/mol. The molecule has 57 heavy (non-hydrogen) atoms. The Morgan fingerprint density at radius 3 is 2.07 bits per heavy atom. The van der Waals surface area contributed by atoms with Gasteiger partial charge in [0.15, 0.2) is 5.58 Å². The third kappa shape index (κ3) is 5.39. The van der Waals surface area contributed by atoms with Gasteiger partial charge in [-0.2, -0.15) is 0 Å². The topological polar surface area (TPSA) is 16.4 Å². The van der Waals surface area contributed by atoms with Crippen LogP contribution in [-0.2, 0) is 5.41 Å². The average Bonchev–Trinajstić information content (AvgIpc) is 3.76. The summed E-state index contributed by atoms with van der Waals surface area (Å²) in [6.45, 7) is 4.72. The van der Waals surface area contributed by atoms with E-state index in [0.717, 1.165) is 34.0 Å². The fourth-order valence-electron chi connectivity index (χ4n) is 9.56. The van der Waals surface area contributed by atoms with Crippen molar-refractivity contribution in [2.24, 2.45) is 0 Å². The minimum Gasteiger partial charge on any atom is -0.454 e. The maximum atomic E-state index is 6.71. The molecule has 1 aromatic heterocycles. The van der Waals surface area contributed by atoms with Crippen LogP contribution >= 0.6 is 0 Å². The number of hydrogen-bond acceptors (Lipinski definition) is 2. The SMILES string of the molecule is CC1(C)c2ccccc2-c2ccc(N(c3cccc4c3oc3ccccc34)C3C=CC(c4ccc5ccccc5c4-c4ccc(-c5ccccc5)cc4)=CC3)cc21. The van der Waals surface area contributed by atoms with Gasteiger partial charge in [-0.15, -0.1) is 0 Å². The van der Waals surface area contributed by atoms with Crippen molar-refractivity contribution in [3.63, 3.8) is 0 Å². The number of rotatable bonds is 6. The third-order valence-corrected chi connectivity index (χ3v) is 12.4. The first-order valence-electron chi connectivity index (χ1n) is 20.0. The Labute approximate surface area is 333 Å². The summed E-state index contributed by atoms with van der Waals surface area (Å²) in [6.07, 6.45) is 8.03. The summed E-state index contributed by atoms with van der Waals surface area (Å²) < 4.78 is 6.71. The predicted octanol–water partition coefficient (Wildman–Crippen LogP) is 14.9. The van der Waals surface area contributed by atoms with E-state index in [1.165, 1.54) is 72.1 Å². The van der Waals surface area contributed by atoms with Gasteiger partial charge in [0.2, 0.25) is 0 Å². The van der Waals surface area contributed by atoms with Gasteiger partial charge < -0.3 is 9.32 Å². The first kappa shape index (κ1) is 33.4. The Balaban J connectivity index is 1.02. The molecule has 272 valence electrons. The van der Waals surface area contributed by atoms with Crippen LogP contribution in [0.5, 0.6) is 0 Å². The molecule has 2 aliphatic carbocycles. The number of hydrogen-bond donors (Lipinski definition) is 0. The lowest BCUT2D eigenvalue weighted by molar-refractivity contribution is 0.658. The molecule has 0 fully saturated rings.